The lowest BCUT2D eigenvalue weighted by Gasteiger charge is -2.24. The predicted molar refractivity (Wildman–Crippen MR) is 151 cm³/mol. The van der Waals surface area contributed by atoms with Gasteiger partial charge in [0.2, 0.25) is 0 Å². The van der Waals surface area contributed by atoms with E-state index in [4.69, 9.17) is 14.2 Å². The summed E-state index contributed by atoms with van der Waals surface area (Å²) in [6, 6.07) is 18.3. The van der Waals surface area contributed by atoms with Crippen molar-refractivity contribution in [1.29, 1.82) is 0 Å². The standard InChI is InChI=1S/C31H25F3N2O5S/c1-18-26(29(38)40-3)27(20-8-5-4-6-9-20)36-28(37)25(42-30(36)35-18)15-19-12-13-24(39-2)21(14-19)17-41-23-11-7-10-22(16-23)31(32,33)34/h4-16,27H,17H2,1-3H3/b25-15-/t27-/m1/s1. The Morgan fingerprint density at radius 2 is 1.81 bits per heavy atom. The molecule has 4 aromatic rings. The van der Waals surface area contributed by atoms with Crippen LogP contribution in [-0.2, 0) is 22.3 Å². The third kappa shape index (κ3) is 5.73. The summed E-state index contributed by atoms with van der Waals surface area (Å²) in [5.74, 6) is -0.0359. The molecule has 42 heavy (non-hydrogen) atoms. The number of ether oxygens (including phenoxy) is 3. The van der Waals surface area contributed by atoms with E-state index in [0.29, 0.717) is 31.9 Å². The highest BCUT2D eigenvalue weighted by atomic mass is 32.1. The number of carbonyl (C=O) groups is 1. The Kier molecular flexibility index (Phi) is 8.04. The lowest BCUT2D eigenvalue weighted by atomic mass is 9.96. The van der Waals surface area contributed by atoms with Crippen molar-refractivity contribution in [2.45, 2.75) is 25.7 Å². The van der Waals surface area contributed by atoms with Crippen molar-refractivity contribution < 1.29 is 32.2 Å². The Morgan fingerprint density at radius 3 is 2.50 bits per heavy atom. The van der Waals surface area contributed by atoms with Gasteiger partial charge in [0.1, 0.15) is 18.1 Å². The molecule has 0 saturated heterocycles. The average Bonchev–Trinajstić information content (AvgIpc) is 3.29. The molecule has 216 valence electrons. The Labute approximate surface area is 242 Å². The highest BCUT2D eigenvalue weighted by Gasteiger charge is 2.33. The fourth-order valence-electron chi connectivity index (χ4n) is 4.72. The van der Waals surface area contributed by atoms with Crippen LogP contribution in [0.3, 0.4) is 0 Å². The fraction of sp³-hybridized carbons (Fsp3) is 0.194. The van der Waals surface area contributed by atoms with Gasteiger partial charge in [-0.1, -0.05) is 53.8 Å². The van der Waals surface area contributed by atoms with Crippen molar-refractivity contribution in [2.75, 3.05) is 14.2 Å². The first-order chi connectivity index (χ1) is 20.1. The number of hydrogen-bond donors (Lipinski definition) is 0. The summed E-state index contributed by atoms with van der Waals surface area (Å²) in [4.78, 5) is 31.5. The molecule has 0 spiro atoms. The van der Waals surface area contributed by atoms with Crippen LogP contribution in [0.4, 0.5) is 13.2 Å². The van der Waals surface area contributed by atoms with Crippen LogP contribution in [0, 0.1) is 0 Å². The maximum Gasteiger partial charge on any atom is 0.416 e. The van der Waals surface area contributed by atoms with E-state index >= 15 is 0 Å². The molecule has 1 aromatic heterocycles. The second-order valence-electron chi connectivity index (χ2n) is 9.37. The number of alkyl halides is 3. The van der Waals surface area contributed by atoms with E-state index in [0.717, 1.165) is 17.7 Å². The van der Waals surface area contributed by atoms with Crippen LogP contribution in [-0.4, -0.2) is 24.8 Å². The molecule has 1 aliphatic heterocycles. The monoisotopic (exact) mass is 594 g/mol. The summed E-state index contributed by atoms with van der Waals surface area (Å²) in [7, 11) is 2.76. The number of hydrogen-bond acceptors (Lipinski definition) is 7. The quantitative estimate of drug-likeness (QED) is 0.281. The van der Waals surface area contributed by atoms with Crippen LogP contribution in [0.2, 0.25) is 0 Å². The summed E-state index contributed by atoms with van der Waals surface area (Å²) in [6.45, 7) is 1.64. The van der Waals surface area contributed by atoms with E-state index in [9.17, 15) is 22.8 Å². The Balaban J connectivity index is 1.53. The second-order valence-corrected chi connectivity index (χ2v) is 10.4. The molecular formula is C31H25F3N2O5S. The third-order valence-electron chi connectivity index (χ3n) is 6.70. The second kappa shape index (κ2) is 11.7. The molecule has 0 aliphatic carbocycles. The molecule has 0 fully saturated rings. The van der Waals surface area contributed by atoms with Gasteiger partial charge in [-0.05, 0) is 54.5 Å². The molecular weight excluding hydrogens is 569 g/mol. The zero-order chi connectivity index (χ0) is 30.0. The van der Waals surface area contributed by atoms with E-state index in [1.54, 1.807) is 31.2 Å². The van der Waals surface area contributed by atoms with Crippen LogP contribution in [0.5, 0.6) is 11.5 Å². The van der Waals surface area contributed by atoms with Gasteiger partial charge in [-0.2, -0.15) is 13.2 Å². The lowest BCUT2D eigenvalue weighted by Crippen LogP contribution is -2.39. The third-order valence-corrected chi connectivity index (χ3v) is 7.68. The highest BCUT2D eigenvalue weighted by Crippen LogP contribution is 2.32. The van der Waals surface area contributed by atoms with Crippen molar-refractivity contribution in [3.8, 4) is 11.5 Å². The SMILES string of the molecule is COC(=O)C1=C(C)N=c2s/c(=C\c3ccc(OC)c(COc4cccc(C(F)(F)F)c4)c3)c(=O)n2[C@@H]1c1ccccc1. The summed E-state index contributed by atoms with van der Waals surface area (Å²) in [5.41, 5.74) is 1.54. The lowest BCUT2D eigenvalue weighted by molar-refractivity contribution is -0.138. The summed E-state index contributed by atoms with van der Waals surface area (Å²) in [5, 5.41) is 0. The number of aromatic nitrogens is 1. The minimum Gasteiger partial charge on any atom is -0.496 e. The Bertz CT molecular complexity index is 1860. The average molecular weight is 595 g/mol. The normalized spacial score (nSPS) is 15.2. The molecule has 2 heterocycles. The van der Waals surface area contributed by atoms with E-state index in [1.165, 1.54) is 42.3 Å². The Hall–Kier alpha value is -4.64. The molecule has 0 saturated carbocycles. The van der Waals surface area contributed by atoms with Crippen molar-refractivity contribution in [1.82, 2.24) is 4.57 Å². The highest BCUT2D eigenvalue weighted by molar-refractivity contribution is 7.07. The van der Waals surface area contributed by atoms with Gasteiger partial charge in [0, 0.05) is 5.56 Å². The van der Waals surface area contributed by atoms with Gasteiger partial charge in [-0.3, -0.25) is 9.36 Å². The first-order valence-corrected chi connectivity index (χ1v) is 13.5. The molecule has 3 aromatic carbocycles. The molecule has 0 N–H and O–H groups in total. The van der Waals surface area contributed by atoms with E-state index in [1.807, 2.05) is 30.3 Å². The number of methoxy groups -OCH3 is 2. The molecule has 0 unspecified atom stereocenters. The number of allylic oxidation sites excluding steroid dienone is 1. The molecule has 1 atom stereocenters. The minimum atomic E-state index is -4.49. The van der Waals surface area contributed by atoms with Crippen molar-refractivity contribution in [2.24, 2.45) is 4.99 Å². The van der Waals surface area contributed by atoms with Crippen molar-refractivity contribution >= 4 is 23.4 Å². The van der Waals surface area contributed by atoms with Gasteiger partial charge < -0.3 is 14.2 Å². The summed E-state index contributed by atoms with van der Waals surface area (Å²) < 4.78 is 57.3. The fourth-order valence-corrected chi connectivity index (χ4v) is 5.77. The zero-order valence-electron chi connectivity index (χ0n) is 22.8. The van der Waals surface area contributed by atoms with Crippen LogP contribution >= 0.6 is 11.3 Å². The maximum absolute atomic E-state index is 13.8. The predicted octanol–water partition coefficient (Wildman–Crippen LogP) is 5.01. The smallest absolute Gasteiger partial charge is 0.416 e. The number of nitrogens with zero attached hydrogens (tertiary/aromatic N) is 2. The molecule has 1 aliphatic rings. The van der Waals surface area contributed by atoms with Crippen molar-refractivity contribution in [3.05, 3.63) is 126 Å². The van der Waals surface area contributed by atoms with Gasteiger partial charge in [0.05, 0.1) is 41.6 Å². The van der Waals surface area contributed by atoms with Gasteiger partial charge in [-0.25, -0.2) is 9.79 Å². The largest absolute Gasteiger partial charge is 0.496 e. The number of rotatable bonds is 7. The first kappa shape index (κ1) is 28.9. The number of fused-ring (bicyclic) bond motifs is 1. The molecule has 0 amide bonds. The number of carbonyl (C=O) groups excluding carboxylic acids is 1. The van der Waals surface area contributed by atoms with E-state index in [-0.39, 0.29) is 23.5 Å². The summed E-state index contributed by atoms with van der Waals surface area (Å²) >= 11 is 1.18. The maximum atomic E-state index is 13.8. The molecule has 5 rings (SSSR count). The first-order valence-electron chi connectivity index (χ1n) is 12.7. The molecule has 11 heteroatoms. The number of halogens is 3. The number of benzene rings is 3. The molecule has 0 bridgehead atoms. The zero-order valence-corrected chi connectivity index (χ0v) is 23.6. The molecule has 7 nitrogen and oxygen atoms in total. The molecule has 0 radical (unpaired) electrons. The van der Waals surface area contributed by atoms with Crippen LogP contribution < -0.4 is 24.4 Å². The van der Waals surface area contributed by atoms with Gasteiger partial charge >= 0.3 is 12.1 Å². The summed E-state index contributed by atoms with van der Waals surface area (Å²) in [6.07, 6.45) is -2.80. The van der Waals surface area contributed by atoms with Gasteiger partial charge in [-0.15, -0.1) is 0 Å². The van der Waals surface area contributed by atoms with Crippen LogP contribution in [0.1, 0.15) is 35.2 Å². The van der Waals surface area contributed by atoms with E-state index < -0.39 is 23.8 Å². The minimum absolute atomic E-state index is 0.0586. The van der Waals surface area contributed by atoms with E-state index in [2.05, 4.69) is 4.99 Å². The van der Waals surface area contributed by atoms with Crippen LogP contribution in [0.25, 0.3) is 6.08 Å². The van der Waals surface area contributed by atoms with Gasteiger partial charge in [0.15, 0.2) is 4.80 Å². The van der Waals surface area contributed by atoms with Crippen molar-refractivity contribution in [3.63, 3.8) is 0 Å². The van der Waals surface area contributed by atoms with Gasteiger partial charge in [0.25, 0.3) is 5.56 Å². The topological polar surface area (TPSA) is 79.1 Å². The number of thiazole rings is 1. The Morgan fingerprint density at radius 1 is 1.05 bits per heavy atom. The number of esters is 1. The van der Waals surface area contributed by atoms with Crippen LogP contribution in [0.15, 0.2) is 93.9 Å².